The minimum absolute atomic E-state index is 0.0526. The Labute approximate surface area is 117 Å². The van der Waals surface area contributed by atoms with Crippen molar-refractivity contribution in [1.29, 1.82) is 5.26 Å². The molecule has 2 rings (SSSR count). The number of aliphatic carboxylic acids is 1. The molecule has 1 aromatic carbocycles. The molecular weight excluding hydrogens is 264 g/mol. The molecular formula is C14H15ClN2O2. The van der Waals surface area contributed by atoms with Crippen molar-refractivity contribution in [2.24, 2.45) is 5.92 Å². The lowest BCUT2D eigenvalue weighted by atomic mass is 9.90. The molecule has 0 aromatic heterocycles. The number of anilines is 1. The van der Waals surface area contributed by atoms with Crippen LogP contribution in [0, 0.1) is 17.2 Å². The van der Waals surface area contributed by atoms with Gasteiger partial charge in [0.25, 0.3) is 0 Å². The maximum absolute atomic E-state index is 11.5. The highest BCUT2D eigenvalue weighted by Crippen LogP contribution is 2.33. The quantitative estimate of drug-likeness (QED) is 0.903. The number of rotatable bonds is 2. The van der Waals surface area contributed by atoms with Crippen LogP contribution in [0.2, 0.25) is 5.02 Å². The molecule has 1 aliphatic rings. The fourth-order valence-electron chi connectivity index (χ4n) is 2.70. The zero-order valence-electron chi connectivity index (χ0n) is 10.6. The third kappa shape index (κ3) is 2.52. The molecule has 1 N–H and O–H groups in total. The van der Waals surface area contributed by atoms with Crippen molar-refractivity contribution in [2.45, 2.75) is 25.8 Å². The van der Waals surface area contributed by atoms with E-state index in [1.807, 2.05) is 6.92 Å². The van der Waals surface area contributed by atoms with Crippen LogP contribution in [0.4, 0.5) is 5.69 Å². The lowest BCUT2D eigenvalue weighted by Gasteiger charge is -2.39. The van der Waals surface area contributed by atoms with Gasteiger partial charge in [0.15, 0.2) is 0 Å². The maximum Gasteiger partial charge on any atom is 0.326 e. The number of carbonyl (C=O) groups is 1. The summed E-state index contributed by atoms with van der Waals surface area (Å²) in [5, 5.41) is 19.0. The third-order valence-electron chi connectivity index (χ3n) is 3.60. The molecule has 0 radical (unpaired) electrons. The van der Waals surface area contributed by atoms with E-state index < -0.39 is 12.0 Å². The number of nitrogens with zero attached hydrogens (tertiary/aromatic N) is 2. The highest BCUT2D eigenvalue weighted by atomic mass is 35.5. The largest absolute Gasteiger partial charge is 0.480 e. The van der Waals surface area contributed by atoms with Crippen LogP contribution in [-0.4, -0.2) is 23.7 Å². The van der Waals surface area contributed by atoms with E-state index in [0.29, 0.717) is 22.8 Å². The molecule has 0 aliphatic carbocycles. The first-order chi connectivity index (χ1) is 9.06. The van der Waals surface area contributed by atoms with Crippen LogP contribution in [0.25, 0.3) is 0 Å². The summed E-state index contributed by atoms with van der Waals surface area (Å²) in [5.41, 5.74) is 0.971. The van der Waals surface area contributed by atoms with Gasteiger partial charge < -0.3 is 10.0 Å². The number of nitriles is 1. The van der Waals surface area contributed by atoms with Crippen LogP contribution in [-0.2, 0) is 4.79 Å². The molecule has 5 heteroatoms. The Kier molecular flexibility index (Phi) is 3.96. The number of halogens is 1. The first-order valence-corrected chi connectivity index (χ1v) is 6.62. The molecule has 1 saturated heterocycles. The number of carboxylic acid groups (broad SMARTS) is 1. The van der Waals surface area contributed by atoms with Crippen LogP contribution >= 0.6 is 11.6 Å². The first-order valence-electron chi connectivity index (χ1n) is 6.24. The van der Waals surface area contributed by atoms with Gasteiger partial charge in [-0.1, -0.05) is 24.6 Å². The second kappa shape index (κ2) is 5.50. The van der Waals surface area contributed by atoms with Crippen molar-refractivity contribution in [2.75, 3.05) is 11.4 Å². The van der Waals surface area contributed by atoms with Gasteiger partial charge in [0.2, 0.25) is 0 Å². The number of benzene rings is 1. The van der Waals surface area contributed by atoms with Crippen LogP contribution < -0.4 is 4.90 Å². The van der Waals surface area contributed by atoms with E-state index in [4.69, 9.17) is 11.6 Å². The standard InChI is InChI=1S/C14H15ClN2O2/c1-9-4-3-7-17(13(9)14(18)19)12-6-2-5-11(15)10(12)8-16/h2,5-6,9,13H,3-4,7H2,1H3,(H,18,19). The van der Waals surface area contributed by atoms with Crippen LogP contribution in [0.15, 0.2) is 18.2 Å². The van der Waals surface area contributed by atoms with Gasteiger partial charge in [-0.25, -0.2) is 4.79 Å². The summed E-state index contributed by atoms with van der Waals surface area (Å²) in [5.74, 6) is -0.798. The molecule has 1 aromatic rings. The molecule has 0 bridgehead atoms. The molecule has 19 heavy (non-hydrogen) atoms. The molecule has 100 valence electrons. The summed E-state index contributed by atoms with van der Waals surface area (Å²) in [7, 11) is 0. The van der Waals surface area contributed by atoms with E-state index in [-0.39, 0.29) is 5.92 Å². The first kappa shape index (κ1) is 13.7. The smallest absolute Gasteiger partial charge is 0.326 e. The van der Waals surface area contributed by atoms with E-state index in [0.717, 1.165) is 12.8 Å². The third-order valence-corrected chi connectivity index (χ3v) is 3.91. The zero-order valence-corrected chi connectivity index (χ0v) is 11.4. The minimum Gasteiger partial charge on any atom is -0.480 e. The Balaban J connectivity index is 2.47. The highest BCUT2D eigenvalue weighted by molar-refractivity contribution is 6.32. The Morgan fingerprint density at radius 1 is 1.58 bits per heavy atom. The Morgan fingerprint density at radius 2 is 2.32 bits per heavy atom. The normalized spacial score (nSPS) is 22.9. The molecule has 4 nitrogen and oxygen atoms in total. The molecule has 2 unspecified atom stereocenters. The Morgan fingerprint density at radius 3 is 2.95 bits per heavy atom. The monoisotopic (exact) mass is 278 g/mol. The molecule has 1 heterocycles. The van der Waals surface area contributed by atoms with Gasteiger partial charge in [-0.05, 0) is 30.9 Å². The number of hydrogen-bond acceptors (Lipinski definition) is 3. The van der Waals surface area contributed by atoms with Crippen LogP contribution in [0.1, 0.15) is 25.3 Å². The fraction of sp³-hybridized carbons (Fsp3) is 0.429. The summed E-state index contributed by atoms with van der Waals surface area (Å²) in [6.45, 7) is 2.57. The van der Waals surface area contributed by atoms with Gasteiger partial charge in [0, 0.05) is 6.54 Å². The van der Waals surface area contributed by atoms with Crippen molar-refractivity contribution < 1.29 is 9.90 Å². The predicted molar refractivity (Wildman–Crippen MR) is 73.3 cm³/mol. The molecule has 0 amide bonds. The summed E-state index contributed by atoms with van der Waals surface area (Å²) in [6.07, 6.45) is 1.80. The van der Waals surface area contributed by atoms with Gasteiger partial charge in [-0.2, -0.15) is 5.26 Å². The number of carboxylic acids is 1. The molecule has 2 atom stereocenters. The summed E-state index contributed by atoms with van der Waals surface area (Å²) in [4.78, 5) is 13.3. The topological polar surface area (TPSA) is 64.3 Å². The second-order valence-corrected chi connectivity index (χ2v) is 5.25. The van der Waals surface area contributed by atoms with E-state index in [2.05, 4.69) is 6.07 Å². The molecule has 1 aliphatic heterocycles. The maximum atomic E-state index is 11.5. The van der Waals surface area contributed by atoms with Crippen molar-refractivity contribution in [1.82, 2.24) is 0 Å². The summed E-state index contributed by atoms with van der Waals surface area (Å²) < 4.78 is 0. The summed E-state index contributed by atoms with van der Waals surface area (Å²) in [6, 6.07) is 6.63. The Hall–Kier alpha value is -1.73. The van der Waals surface area contributed by atoms with Crippen LogP contribution in [0.3, 0.4) is 0 Å². The van der Waals surface area contributed by atoms with Gasteiger partial charge >= 0.3 is 5.97 Å². The van der Waals surface area contributed by atoms with Gasteiger partial charge in [0.1, 0.15) is 12.1 Å². The number of hydrogen-bond donors (Lipinski definition) is 1. The van der Waals surface area contributed by atoms with Crippen molar-refractivity contribution in [3.63, 3.8) is 0 Å². The minimum atomic E-state index is -0.851. The van der Waals surface area contributed by atoms with Gasteiger partial charge in [-0.3, -0.25) is 0 Å². The average Bonchev–Trinajstić information content (AvgIpc) is 2.37. The predicted octanol–water partition coefficient (Wildman–Crippen LogP) is 2.90. The fourth-order valence-corrected chi connectivity index (χ4v) is 2.91. The van der Waals surface area contributed by atoms with Crippen molar-refractivity contribution >= 4 is 23.3 Å². The Bertz CT molecular complexity index is 539. The highest BCUT2D eigenvalue weighted by Gasteiger charge is 2.35. The molecule has 0 spiro atoms. The van der Waals surface area contributed by atoms with E-state index >= 15 is 0 Å². The van der Waals surface area contributed by atoms with E-state index in [1.54, 1.807) is 23.1 Å². The number of piperidine rings is 1. The van der Waals surface area contributed by atoms with Crippen LogP contribution in [0.5, 0.6) is 0 Å². The van der Waals surface area contributed by atoms with Crippen molar-refractivity contribution in [3.05, 3.63) is 28.8 Å². The van der Waals surface area contributed by atoms with Crippen molar-refractivity contribution in [3.8, 4) is 6.07 Å². The van der Waals surface area contributed by atoms with Gasteiger partial charge in [0.05, 0.1) is 16.3 Å². The SMILES string of the molecule is CC1CCCN(c2cccc(Cl)c2C#N)C1C(=O)O. The van der Waals surface area contributed by atoms with E-state index in [9.17, 15) is 15.2 Å². The lowest BCUT2D eigenvalue weighted by molar-refractivity contribution is -0.140. The van der Waals surface area contributed by atoms with Gasteiger partial charge in [-0.15, -0.1) is 0 Å². The average molecular weight is 279 g/mol. The molecule has 1 fully saturated rings. The summed E-state index contributed by atoms with van der Waals surface area (Å²) >= 11 is 6.02. The van der Waals surface area contributed by atoms with E-state index in [1.165, 1.54) is 0 Å². The lowest BCUT2D eigenvalue weighted by Crippen LogP contribution is -2.49. The zero-order chi connectivity index (χ0) is 14.0. The molecule has 0 saturated carbocycles. The second-order valence-electron chi connectivity index (χ2n) is 4.84.